The van der Waals surface area contributed by atoms with Gasteiger partial charge in [-0.3, -0.25) is 10.1 Å². The first kappa shape index (κ1) is 16.1. The Morgan fingerprint density at radius 1 is 1.37 bits per heavy atom. The van der Waals surface area contributed by atoms with Crippen LogP contribution in [0.3, 0.4) is 0 Å². The molecule has 0 aliphatic rings. The second-order valence-electron chi connectivity index (χ2n) is 4.61. The lowest BCUT2D eigenvalue weighted by Gasteiger charge is -2.25. The van der Waals surface area contributed by atoms with E-state index >= 15 is 0 Å². The van der Waals surface area contributed by atoms with Gasteiger partial charge in [-0.2, -0.15) is 0 Å². The van der Waals surface area contributed by atoms with Gasteiger partial charge >= 0.3 is 0 Å². The molecular weight excluding hydrogens is 312 g/mol. The summed E-state index contributed by atoms with van der Waals surface area (Å²) in [7, 11) is 0. The molecule has 0 spiro atoms. The second-order valence-corrected chi connectivity index (χ2v) is 5.53. The topological polar surface area (TPSA) is 75.4 Å². The molecule has 0 fully saturated rings. The van der Waals surface area contributed by atoms with Crippen molar-refractivity contribution in [1.29, 1.82) is 0 Å². The molecule has 1 rings (SSSR count). The summed E-state index contributed by atoms with van der Waals surface area (Å²) in [5.41, 5.74) is 0.167. The van der Waals surface area contributed by atoms with E-state index in [1.165, 1.54) is 12.1 Å². The van der Waals surface area contributed by atoms with Gasteiger partial charge in [-0.15, -0.1) is 0 Å². The zero-order valence-electron chi connectivity index (χ0n) is 11.1. The Labute approximate surface area is 121 Å². The van der Waals surface area contributed by atoms with E-state index in [4.69, 9.17) is 0 Å². The molecule has 0 atom stereocenters. The number of nitrogens with one attached hydrogen (secondary N) is 1. The first-order valence-corrected chi connectivity index (χ1v) is 7.06. The van der Waals surface area contributed by atoms with Crippen LogP contribution in [0.25, 0.3) is 0 Å². The predicted octanol–water partition coefficient (Wildman–Crippen LogP) is 3.00. The molecular formula is C13H19BrN2O3. The van der Waals surface area contributed by atoms with Gasteiger partial charge in [0.05, 0.1) is 10.5 Å². The van der Waals surface area contributed by atoms with Crippen LogP contribution < -0.4 is 5.32 Å². The Morgan fingerprint density at radius 2 is 2.00 bits per heavy atom. The van der Waals surface area contributed by atoms with E-state index < -0.39 is 10.5 Å². The van der Waals surface area contributed by atoms with Gasteiger partial charge in [0.2, 0.25) is 0 Å². The van der Waals surface area contributed by atoms with Crippen molar-refractivity contribution in [1.82, 2.24) is 5.32 Å². The van der Waals surface area contributed by atoms with Crippen LogP contribution in [0.1, 0.15) is 32.3 Å². The Bertz CT molecular complexity index is 448. The number of benzene rings is 1. The summed E-state index contributed by atoms with van der Waals surface area (Å²) < 4.78 is 0.680. The summed E-state index contributed by atoms with van der Waals surface area (Å²) >= 11 is 3.26. The van der Waals surface area contributed by atoms with Crippen LogP contribution in [0.2, 0.25) is 0 Å². The summed E-state index contributed by atoms with van der Waals surface area (Å²) in [6.45, 7) is 4.84. The number of halogens is 1. The van der Waals surface area contributed by atoms with Crippen LogP contribution >= 0.6 is 15.9 Å². The number of rotatable bonds is 7. The van der Waals surface area contributed by atoms with Crippen LogP contribution in [0.4, 0.5) is 5.69 Å². The molecule has 5 nitrogen and oxygen atoms in total. The molecule has 6 heteroatoms. The summed E-state index contributed by atoms with van der Waals surface area (Å²) in [5, 5.41) is 24.0. The monoisotopic (exact) mass is 330 g/mol. The molecule has 0 saturated heterocycles. The highest BCUT2D eigenvalue weighted by molar-refractivity contribution is 9.10. The Balaban J connectivity index is 2.65. The van der Waals surface area contributed by atoms with Crippen molar-refractivity contribution in [3.05, 3.63) is 38.3 Å². The summed E-state index contributed by atoms with van der Waals surface area (Å²) in [4.78, 5) is 10.3. The molecule has 0 heterocycles. The average molecular weight is 331 g/mol. The van der Waals surface area contributed by atoms with Crippen molar-refractivity contribution >= 4 is 21.6 Å². The quantitative estimate of drug-likeness (QED) is 0.595. The molecule has 0 saturated carbocycles. The lowest BCUT2D eigenvalue weighted by molar-refractivity contribution is -0.385. The average Bonchev–Trinajstić information content (AvgIpc) is 2.37. The molecule has 106 valence electrons. The van der Waals surface area contributed by atoms with Crippen LogP contribution in [-0.4, -0.2) is 22.2 Å². The minimum Gasteiger partial charge on any atom is -0.389 e. The third kappa shape index (κ3) is 4.89. The van der Waals surface area contributed by atoms with Gasteiger partial charge in [-0.25, -0.2) is 0 Å². The number of hydrogen-bond acceptors (Lipinski definition) is 4. The summed E-state index contributed by atoms with van der Waals surface area (Å²) in [6.07, 6.45) is 1.35. The maximum atomic E-state index is 10.8. The van der Waals surface area contributed by atoms with Crippen LogP contribution in [0.15, 0.2) is 22.7 Å². The first-order valence-electron chi connectivity index (χ1n) is 6.27. The Kier molecular flexibility index (Phi) is 5.90. The van der Waals surface area contributed by atoms with Gasteiger partial charge in [0.1, 0.15) is 0 Å². The number of non-ortho nitro benzene ring substituents is 1. The van der Waals surface area contributed by atoms with Gasteiger partial charge in [-0.1, -0.05) is 29.8 Å². The fourth-order valence-corrected chi connectivity index (χ4v) is 2.31. The molecule has 2 N–H and O–H groups in total. The molecule has 19 heavy (non-hydrogen) atoms. The Morgan fingerprint density at radius 3 is 2.53 bits per heavy atom. The molecule has 0 radical (unpaired) electrons. The fraction of sp³-hybridized carbons (Fsp3) is 0.538. The van der Waals surface area contributed by atoms with Crippen molar-refractivity contribution in [2.24, 2.45) is 0 Å². The number of nitro benzene ring substituents is 1. The number of hydrogen-bond donors (Lipinski definition) is 2. The smallest absolute Gasteiger partial charge is 0.270 e. The molecule has 0 amide bonds. The second kappa shape index (κ2) is 6.98. The van der Waals surface area contributed by atoms with Crippen molar-refractivity contribution in [2.45, 2.75) is 38.8 Å². The standard InChI is InChI=1S/C13H19BrN2O3/c1-3-13(17,4-2)9-15-8-10-5-11(14)7-12(6-10)16(18)19/h5-7,15,17H,3-4,8-9H2,1-2H3. The van der Waals surface area contributed by atoms with Gasteiger partial charge in [0.15, 0.2) is 0 Å². The van der Waals surface area contributed by atoms with E-state index in [0.717, 1.165) is 5.56 Å². The fourth-order valence-electron chi connectivity index (χ4n) is 1.78. The van der Waals surface area contributed by atoms with Crippen molar-refractivity contribution in [3.8, 4) is 0 Å². The third-order valence-electron chi connectivity index (χ3n) is 3.25. The molecule has 0 bridgehead atoms. The third-order valence-corrected chi connectivity index (χ3v) is 3.71. The number of nitro groups is 1. The number of nitrogens with zero attached hydrogens (tertiary/aromatic N) is 1. The van der Waals surface area contributed by atoms with Gasteiger partial charge in [0, 0.05) is 29.7 Å². The largest absolute Gasteiger partial charge is 0.389 e. The zero-order valence-corrected chi connectivity index (χ0v) is 12.7. The van der Waals surface area contributed by atoms with Gasteiger partial charge in [-0.05, 0) is 24.5 Å². The normalized spacial score (nSPS) is 11.6. The van der Waals surface area contributed by atoms with E-state index in [1.807, 2.05) is 19.9 Å². The molecule has 0 unspecified atom stereocenters. The highest BCUT2D eigenvalue weighted by Gasteiger charge is 2.21. The maximum Gasteiger partial charge on any atom is 0.270 e. The van der Waals surface area contributed by atoms with E-state index in [0.29, 0.717) is 30.4 Å². The maximum absolute atomic E-state index is 10.8. The van der Waals surface area contributed by atoms with Gasteiger partial charge < -0.3 is 10.4 Å². The van der Waals surface area contributed by atoms with E-state index in [1.54, 1.807) is 0 Å². The van der Waals surface area contributed by atoms with Crippen LogP contribution in [0.5, 0.6) is 0 Å². The Hall–Kier alpha value is -0.980. The van der Waals surface area contributed by atoms with Gasteiger partial charge in [0.25, 0.3) is 5.69 Å². The van der Waals surface area contributed by atoms with E-state index in [9.17, 15) is 15.2 Å². The van der Waals surface area contributed by atoms with E-state index in [2.05, 4.69) is 21.2 Å². The molecule has 1 aromatic rings. The van der Waals surface area contributed by atoms with Crippen molar-refractivity contribution in [3.63, 3.8) is 0 Å². The molecule has 0 aromatic heterocycles. The molecule has 0 aliphatic carbocycles. The van der Waals surface area contributed by atoms with Crippen molar-refractivity contribution < 1.29 is 10.0 Å². The van der Waals surface area contributed by atoms with Crippen LogP contribution in [0, 0.1) is 10.1 Å². The summed E-state index contributed by atoms with van der Waals surface area (Å²) in [6, 6.07) is 4.84. The highest BCUT2D eigenvalue weighted by Crippen LogP contribution is 2.21. The minimum absolute atomic E-state index is 0.0624. The number of aliphatic hydroxyl groups is 1. The van der Waals surface area contributed by atoms with E-state index in [-0.39, 0.29) is 5.69 Å². The van der Waals surface area contributed by atoms with Crippen molar-refractivity contribution in [2.75, 3.05) is 6.54 Å². The predicted molar refractivity (Wildman–Crippen MR) is 78.0 cm³/mol. The summed E-state index contributed by atoms with van der Waals surface area (Å²) in [5.74, 6) is 0. The lowest BCUT2D eigenvalue weighted by Crippen LogP contribution is -2.39. The SMILES string of the molecule is CCC(O)(CC)CNCc1cc(Br)cc([N+](=O)[O-])c1. The van der Waals surface area contributed by atoms with Crippen LogP contribution in [-0.2, 0) is 6.54 Å². The first-order chi connectivity index (χ1) is 8.90. The lowest BCUT2D eigenvalue weighted by atomic mass is 9.97. The molecule has 0 aliphatic heterocycles. The minimum atomic E-state index is -0.710. The highest BCUT2D eigenvalue weighted by atomic mass is 79.9. The molecule has 1 aromatic carbocycles. The zero-order chi connectivity index (χ0) is 14.5.